The molecule has 0 saturated carbocycles. The minimum Gasteiger partial charge on any atom is -0.437 e. The Bertz CT molecular complexity index is 563. The zero-order valence-corrected chi connectivity index (χ0v) is 8.73. The highest BCUT2D eigenvalue weighted by Gasteiger charge is 2.03. The van der Waals surface area contributed by atoms with Gasteiger partial charge in [-0.05, 0) is 24.6 Å². The first kappa shape index (κ1) is 10.2. The highest BCUT2D eigenvalue weighted by Crippen LogP contribution is 2.26. The maximum absolute atomic E-state index is 11.0. The maximum Gasteiger partial charge on any atom is 0.254 e. The third kappa shape index (κ3) is 2.20. The maximum atomic E-state index is 11.0. The topological polar surface area (TPSA) is 81.0 Å². The predicted octanol–water partition coefficient (Wildman–Crippen LogP) is 1.45. The van der Waals surface area contributed by atoms with Crippen LogP contribution in [-0.2, 0) is 0 Å². The highest BCUT2D eigenvalue weighted by molar-refractivity contribution is 5.54. The molecule has 1 heterocycles. The summed E-state index contributed by atoms with van der Waals surface area (Å²) in [5, 5.41) is 0. The number of H-pyrrole nitrogens is 1. The van der Waals surface area contributed by atoms with Crippen LogP contribution in [0.5, 0.6) is 11.6 Å². The minimum absolute atomic E-state index is 0.223. The van der Waals surface area contributed by atoms with Crippen LogP contribution in [0.25, 0.3) is 0 Å². The van der Waals surface area contributed by atoms with Gasteiger partial charge in [-0.1, -0.05) is 6.07 Å². The van der Waals surface area contributed by atoms with Gasteiger partial charge in [0.25, 0.3) is 5.56 Å². The average molecular weight is 217 g/mol. The number of nitrogen functional groups attached to an aromatic ring is 1. The molecule has 2 aromatic rings. The molecular formula is C11H11N3O2. The summed E-state index contributed by atoms with van der Waals surface area (Å²) >= 11 is 0. The first-order chi connectivity index (χ1) is 7.65. The molecule has 0 aliphatic heterocycles. The van der Waals surface area contributed by atoms with Crippen molar-refractivity contribution in [1.29, 1.82) is 0 Å². The molecule has 0 aliphatic rings. The van der Waals surface area contributed by atoms with Crippen LogP contribution in [0.2, 0.25) is 0 Å². The Morgan fingerprint density at radius 2 is 2.19 bits per heavy atom. The smallest absolute Gasteiger partial charge is 0.254 e. The molecule has 3 N–H and O–H groups in total. The van der Waals surface area contributed by atoms with Crippen LogP contribution < -0.4 is 16.0 Å². The second kappa shape index (κ2) is 4.06. The van der Waals surface area contributed by atoms with Gasteiger partial charge < -0.3 is 15.5 Å². The van der Waals surface area contributed by atoms with Crippen molar-refractivity contribution in [2.75, 3.05) is 5.73 Å². The number of anilines is 1. The molecule has 0 saturated heterocycles. The fourth-order valence-corrected chi connectivity index (χ4v) is 1.25. The second-order valence-electron chi connectivity index (χ2n) is 3.39. The van der Waals surface area contributed by atoms with Gasteiger partial charge in [-0.25, -0.2) is 4.98 Å². The molecular weight excluding hydrogens is 206 g/mol. The summed E-state index contributed by atoms with van der Waals surface area (Å²) in [6, 6.07) is 6.69. The van der Waals surface area contributed by atoms with Crippen LogP contribution in [0.15, 0.2) is 35.4 Å². The quantitative estimate of drug-likeness (QED) is 0.746. The van der Waals surface area contributed by atoms with E-state index in [2.05, 4.69) is 9.97 Å². The Balaban J connectivity index is 2.33. The number of aromatic nitrogens is 2. The van der Waals surface area contributed by atoms with Gasteiger partial charge >= 0.3 is 0 Å². The molecule has 1 aromatic heterocycles. The summed E-state index contributed by atoms with van der Waals surface area (Å²) in [6.07, 6.45) is 1.28. The predicted molar refractivity (Wildman–Crippen MR) is 60.5 cm³/mol. The van der Waals surface area contributed by atoms with E-state index in [1.54, 1.807) is 12.1 Å². The van der Waals surface area contributed by atoms with Gasteiger partial charge in [0.1, 0.15) is 0 Å². The molecule has 82 valence electrons. The summed E-state index contributed by atoms with van der Waals surface area (Å²) in [4.78, 5) is 17.3. The number of aryl methyl sites for hydroxylation is 1. The summed E-state index contributed by atoms with van der Waals surface area (Å²) in [7, 11) is 0. The van der Waals surface area contributed by atoms with Gasteiger partial charge in [0.05, 0.1) is 18.1 Å². The Labute approximate surface area is 91.9 Å². The zero-order valence-electron chi connectivity index (χ0n) is 8.73. The Morgan fingerprint density at radius 3 is 2.94 bits per heavy atom. The second-order valence-corrected chi connectivity index (χ2v) is 3.39. The number of ether oxygens (including phenoxy) is 1. The molecule has 2 rings (SSSR count). The monoisotopic (exact) mass is 217 g/mol. The molecule has 0 aliphatic carbocycles. The Kier molecular flexibility index (Phi) is 2.59. The van der Waals surface area contributed by atoms with Gasteiger partial charge in [-0.2, -0.15) is 0 Å². The van der Waals surface area contributed by atoms with E-state index in [1.165, 1.54) is 12.4 Å². The van der Waals surface area contributed by atoms with Crippen LogP contribution in [0.1, 0.15) is 5.56 Å². The van der Waals surface area contributed by atoms with E-state index in [-0.39, 0.29) is 11.4 Å². The first-order valence-corrected chi connectivity index (χ1v) is 4.74. The lowest BCUT2D eigenvalue weighted by Crippen LogP contribution is -2.05. The van der Waals surface area contributed by atoms with Crippen molar-refractivity contribution in [1.82, 2.24) is 9.97 Å². The van der Waals surface area contributed by atoms with E-state index in [4.69, 9.17) is 10.5 Å². The summed E-state index contributed by atoms with van der Waals surface area (Å²) in [5.41, 5.74) is 7.00. The molecule has 0 unspecified atom stereocenters. The van der Waals surface area contributed by atoms with Crippen molar-refractivity contribution < 1.29 is 4.74 Å². The average Bonchev–Trinajstić information content (AvgIpc) is 2.24. The Morgan fingerprint density at radius 1 is 1.38 bits per heavy atom. The molecule has 0 amide bonds. The molecule has 16 heavy (non-hydrogen) atoms. The minimum atomic E-state index is -0.267. The van der Waals surface area contributed by atoms with Crippen molar-refractivity contribution in [2.24, 2.45) is 0 Å². The van der Waals surface area contributed by atoms with Crippen LogP contribution >= 0.6 is 0 Å². The number of nitrogens with one attached hydrogen (secondary N) is 1. The fourth-order valence-electron chi connectivity index (χ4n) is 1.25. The van der Waals surface area contributed by atoms with Gasteiger partial charge in [-0.15, -0.1) is 0 Å². The van der Waals surface area contributed by atoms with Crippen molar-refractivity contribution in [3.05, 3.63) is 46.5 Å². The van der Waals surface area contributed by atoms with Crippen molar-refractivity contribution >= 4 is 5.69 Å². The molecule has 0 spiro atoms. The lowest BCUT2D eigenvalue weighted by molar-refractivity contribution is 0.462. The van der Waals surface area contributed by atoms with E-state index in [0.29, 0.717) is 11.4 Å². The normalized spacial score (nSPS) is 10.1. The Hall–Kier alpha value is -2.30. The number of nitrogens with two attached hydrogens (primary N) is 1. The molecule has 1 aromatic carbocycles. The van der Waals surface area contributed by atoms with Crippen molar-refractivity contribution in [3.8, 4) is 11.6 Å². The molecule has 0 atom stereocenters. The van der Waals surface area contributed by atoms with E-state index < -0.39 is 0 Å². The van der Waals surface area contributed by atoms with E-state index in [0.717, 1.165) is 5.56 Å². The first-order valence-electron chi connectivity index (χ1n) is 4.74. The fraction of sp³-hybridized carbons (Fsp3) is 0.0909. The van der Waals surface area contributed by atoms with Crippen molar-refractivity contribution in [3.63, 3.8) is 0 Å². The molecule has 0 radical (unpaired) electrons. The van der Waals surface area contributed by atoms with Gasteiger partial charge in [-0.3, -0.25) is 4.79 Å². The summed E-state index contributed by atoms with van der Waals surface area (Å²) < 4.78 is 5.41. The number of benzene rings is 1. The van der Waals surface area contributed by atoms with Crippen LogP contribution in [0.3, 0.4) is 0 Å². The SMILES string of the molecule is Cc1ccc(N)c(Oc2cc(=O)[nH]cn2)c1. The lowest BCUT2D eigenvalue weighted by Gasteiger charge is -2.07. The van der Waals surface area contributed by atoms with Gasteiger partial charge in [0, 0.05) is 0 Å². The number of hydrogen-bond donors (Lipinski definition) is 2. The summed E-state index contributed by atoms with van der Waals surface area (Å²) in [6.45, 7) is 1.93. The summed E-state index contributed by atoms with van der Waals surface area (Å²) in [5.74, 6) is 0.721. The highest BCUT2D eigenvalue weighted by atomic mass is 16.5. The van der Waals surface area contributed by atoms with Crippen molar-refractivity contribution in [2.45, 2.75) is 6.92 Å². The van der Waals surface area contributed by atoms with Crippen LogP contribution in [0, 0.1) is 6.92 Å². The van der Waals surface area contributed by atoms with Gasteiger partial charge in [0.15, 0.2) is 5.75 Å². The number of aromatic amines is 1. The standard InChI is InChI=1S/C11H11N3O2/c1-7-2-3-8(12)9(4-7)16-11-5-10(15)13-6-14-11/h2-6H,12H2,1H3,(H,13,14,15). The third-order valence-corrected chi connectivity index (χ3v) is 2.04. The van der Waals surface area contributed by atoms with Crippen LogP contribution in [0.4, 0.5) is 5.69 Å². The lowest BCUT2D eigenvalue weighted by atomic mass is 10.2. The van der Waals surface area contributed by atoms with Gasteiger partial charge in [0.2, 0.25) is 5.88 Å². The number of hydrogen-bond acceptors (Lipinski definition) is 4. The number of nitrogens with zero attached hydrogens (tertiary/aromatic N) is 1. The molecule has 0 bridgehead atoms. The van der Waals surface area contributed by atoms with E-state index in [9.17, 15) is 4.79 Å². The third-order valence-electron chi connectivity index (χ3n) is 2.04. The van der Waals surface area contributed by atoms with Crippen LogP contribution in [-0.4, -0.2) is 9.97 Å². The number of rotatable bonds is 2. The van der Waals surface area contributed by atoms with E-state index >= 15 is 0 Å². The van der Waals surface area contributed by atoms with E-state index in [1.807, 2.05) is 13.0 Å². The largest absolute Gasteiger partial charge is 0.437 e. The molecule has 5 heteroatoms. The zero-order chi connectivity index (χ0) is 11.5. The molecule has 0 fully saturated rings. The molecule has 5 nitrogen and oxygen atoms in total.